The van der Waals surface area contributed by atoms with Gasteiger partial charge in [-0.15, -0.1) is 0 Å². The van der Waals surface area contributed by atoms with Gasteiger partial charge in [0.15, 0.2) is 0 Å². The van der Waals surface area contributed by atoms with Crippen LogP contribution >= 0.6 is 0 Å². The van der Waals surface area contributed by atoms with Crippen LogP contribution in [0, 0.1) is 5.82 Å². The summed E-state index contributed by atoms with van der Waals surface area (Å²) in [4.78, 5) is 15.3. The number of hydrogen-bond acceptors (Lipinski definition) is 4. The highest BCUT2D eigenvalue weighted by atomic mass is 19.1. The molecule has 2 fully saturated rings. The van der Waals surface area contributed by atoms with Crippen molar-refractivity contribution in [3.63, 3.8) is 0 Å². The van der Waals surface area contributed by atoms with Gasteiger partial charge in [-0.3, -0.25) is 4.90 Å². The van der Waals surface area contributed by atoms with Crippen molar-refractivity contribution in [3.05, 3.63) is 24.0 Å². The van der Waals surface area contributed by atoms with Gasteiger partial charge >= 0.3 is 6.09 Å². The SMILES string of the molecule is NC[C@H]1CN(c2ccc(N3CCCCCC3)c(F)c2)C(=O)O1. The average molecular weight is 307 g/mol. The minimum atomic E-state index is -0.461. The smallest absolute Gasteiger partial charge is 0.414 e. The number of carbonyl (C=O) groups is 1. The second kappa shape index (κ2) is 6.52. The molecule has 2 N–H and O–H groups in total. The lowest BCUT2D eigenvalue weighted by molar-refractivity contribution is 0.145. The molecule has 0 unspecified atom stereocenters. The van der Waals surface area contributed by atoms with Gasteiger partial charge in [-0.1, -0.05) is 12.8 Å². The van der Waals surface area contributed by atoms with Gasteiger partial charge in [0, 0.05) is 19.6 Å². The lowest BCUT2D eigenvalue weighted by atomic mass is 10.2. The van der Waals surface area contributed by atoms with E-state index in [9.17, 15) is 9.18 Å². The Morgan fingerprint density at radius 1 is 1.23 bits per heavy atom. The van der Waals surface area contributed by atoms with Crippen LogP contribution in [0.1, 0.15) is 25.7 Å². The third-order valence-corrected chi connectivity index (χ3v) is 4.33. The zero-order valence-electron chi connectivity index (χ0n) is 12.6. The molecule has 2 aliphatic rings. The molecule has 0 spiro atoms. The Morgan fingerprint density at radius 2 is 1.95 bits per heavy atom. The normalized spacial score (nSPS) is 22.6. The Labute approximate surface area is 129 Å². The van der Waals surface area contributed by atoms with E-state index in [1.807, 2.05) is 0 Å². The number of nitrogens with zero attached hydrogens (tertiary/aromatic N) is 2. The standard InChI is InChI=1S/C16H22FN3O2/c17-14-9-12(20-11-13(10-18)22-16(20)21)5-6-15(14)19-7-3-1-2-4-8-19/h5-6,9,13H,1-4,7-8,10-11,18H2/t13-/m0/s1. The number of benzene rings is 1. The molecule has 2 aliphatic heterocycles. The van der Waals surface area contributed by atoms with Gasteiger partial charge in [-0.2, -0.15) is 0 Å². The summed E-state index contributed by atoms with van der Waals surface area (Å²) in [6, 6.07) is 4.96. The maximum absolute atomic E-state index is 14.5. The van der Waals surface area contributed by atoms with Crippen molar-refractivity contribution in [1.82, 2.24) is 0 Å². The summed E-state index contributed by atoms with van der Waals surface area (Å²) in [5.74, 6) is -0.289. The quantitative estimate of drug-likeness (QED) is 0.932. The third kappa shape index (κ3) is 3.02. The predicted molar refractivity (Wildman–Crippen MR) is 83.8 cm³/mol. The summed E-state index contributed by atoms with van der Waals surface area (Å²) in [6.07, 6.45) is 3.82. The van der Waals surface area contributed by atoms with Gasteiger partial charge in [0.25, 0.3) is 0 Å². The van der Waals surface area contributed by atoms with Gasteiger partial charge in [0.05, 0.1) is 17.9 Å². The summed E-state index contributed by atoms with van der Waals surface area (Å²) in [5.41, 5.74) is 6.66. The molecule has 3 rings (SSSR count). The zero-order valence-corrected chi connectivity index (χ0v) is 12.6. The van der Waals surface area contributed by atoms with Crippen LogP contribution in [-0.4, -0.2) is 38.4 Å². The van der Waals surface area contributed by atoms with E-state index in [1.165, 1.54) is 23.8 Å². The molecule has 0 saturated carbocycles. The van der Waals surface area contributed by atoms with E-state index >= 15 is 0 Å². The molecule has 1 amide bonds. The molecular weight excluding hydrogens is 285 g/mol. The summed E-state index contributed by atoms with van der Waals surface area (Å²) < 4.78 is 19.6. The number of amides is 1. The van der Waals surface area contributed by atoms with Gasteiger partial charge < -0.3 is 15.4 Å². The van der Waals surface area contributed by atoms with E-state index in [-0.39, 0.29) is 18.5 Å². The van der Waals surface area contributed by atoms with E-state index in [2.05, 4.69) is 4.90 Å². The molecule has 0 radical (unpaired) electrons. The van der Waals surface area contributed by atoms with Gasteiger partial charge in [0.1, 0.15) is 11.9 Å². The summed E-state index contributed by atoms with van der Waals surface area (Å²) in [6.45, 7) is 2.42. The van der Waals surface area contributed by atoms with E-state index in [4.69, 9.17) is 10.5 Å². The highest BCUT2D eigenvalue weighted by Crippen LogP contribution is 2.29. The lowest BCUT2D eigenvalue weighted by Gasteiger charge is -2.24. The van der Waals surface area contributed by atoms with Crippen LogP contribution in [0.3, 0.4) is 0 Å². The first-order valence-corrected chi connectivity index (χ1v) is 7.92. The van der Waals surface area contributed by atoms with Crippen LogP contribution in [0.5, 0.6) is 0 Å². The Balaban J connectivity index is 1.78. The van der Waals surface area contributed by atoms with Gasteiger partial charge in [0.2, 0.25) is 0 Å². The minimum Gasteiger partial charge on any atom is -0.443 e. The molecule has 22 heavy (non-hydrogen) atoms. The number of ether oxygens (including phenoxy) is 1. The van der Waals surface area contributed by atoms with Crippen molar-refractivity contribution in [2.24, 2.45) is 5.73 Å². The molecule has 0 aromatic heterocycles. The average Bonchev–Trinajstić information content (AvgIpc) is 2.73. The molecule has 5 nitrogen and oxygen atoms in total. The van der Waals surface area contributed by atoms with Crippen molar-refractivity contribution in [3.8, 4) is 0 Å². The molecule has 0 aliphatic carbocycles. The Morgan fingerprint density at radius 3 is 2.55 bits per heavy atom. The summed E-state index contributed by atoms with van der Waals surface area (Å²) in [5, 5.41) is 0. The number of carbonyl (C=O) groups excluding carboxylic acids is 1. The van der Waals surface area contributed by atoms with E-state index in [0.717, 1.165) is 25.9 Å². The summed E-state index contributed by atoms with van der Waals surface area (Å²) in [7, 11) is 0. The van der Waals surface area contributed by atoms with Crippen molar-refractivity contribution in [2.75, 3.05) is 36.0 Å². The highest BCUT2D eigenvalue weighted by Gasteiger charge is 2.31. The molecule has 1 aromatic rings. The first-order valence-electron chi connectivity index (χ1n) is 7.92. The van der Waals surface area contributed by atoms with Crippen molar-refractivity contribution >= 4 is 17.5 Å². The van der Waals surface area contributed by atoms with E-state index in [1.54, 1.807) is 12.1 Å². The largest absolute Gasteiger partial charge is 0.443 e. The molecule has 1 aromatic carbocycles. The number of rotatable bonds is 3. The van der Waals surface area contributed by atoms with Gasteiger partial charge in [-0.05, 0) is 31.0 Å². The topological polar surface area (TPSA) is 58.8 Å². The van der Waals surface area contributed by atoms with Crippen LogP contribution in [-0.2, 0) is 4.74 Å². The lowest BCUT2D eigenvalue weighted by Crippen LogP contribution is -2.28. The fourth-order valence-corrected chi connectivity index (χ4v) is 3.09. The Kier molecular flexibility index (Phi) is 4.47. The fourth-order valence-electron chi connectivity index (χ4n) is 3.09. The second-order valence-corrected chi connectivity index (χ2v) is 5.89. The first-order chi connectivity index (χ1) is 10.7. The predicted octanol–water partition coefficient (Wildman–Crippen LogP) is 2.49. The van der Waals surface area contributed by atoms with Crippen molar-refractivity contribution in [2.45, 2.75) is 31.8 Å². The highest BCUT2D eigenvalue weighted by molar-refractivity contribution is 5.90. The van der Waals surface area contributed by atoms with Crippen LogP contribution in [0.2, 0.25) is 0 Å². The number of halogens is 1. The molecular formula is C16H22FN3O2. The van der Waals surface area contributed by atoms with E-state index in [0.29, 0.717) is 17.9 Å². The maximum atomic E-state index is 14.5. The fraction of sp³-hybridized carbons (Fsp3) is 0.562. The summed E-state index contributed by atoms with van der Waals surface area (Å²) >= 11 is 0. The molecule has 0 bridgehead atoms. The van der Waals surface area contributed by atoms with Crippen LogP contribution in [0.15, 0.2) is 18.2 Å². The van der Waals surface area contributed by atoms with Crippen LogP contribution in [0.25, 0.3) is 0 Å². The molecule has 1 atom stereocenters. The van der Waals surface area contributed by atoms with Crippen LogP contribution < -0.4 is 15.5 Å². The minimum absolute atomic E-state index is 0.274. The monoisotopic (exact) mass is 307 g/mol. The molecule has 120 valence electrons. The first kappa shape index (κ1) is 15.1. The van der Waals surface area contributed by atoms with E-state index < -0.39 is 6.09 Å². The second-order valence-electron chi connectivity index (χ2n) is 5.89. The number of hydrogen-bond donors (Lipinski definition) is 1. The maximum Gasteiger partial charge on any atom is 0.414 e. The van der Waals surface area contributed by atoms with Crippen molar-refractivity contribution < 1.29 is 13.9 Å². The Bertz CT molecular complexity index is 544. The number of anilines is 2. The van der Waals surface area contributed by atoms with Gasteiger partial charge in [-0.25, -0.2) is 9.18 Å². The molecule has 2 saturated heterocycles. The molecule has 2 heterocycles. The number of cyclic esters (lactones) is 1. The zero-order chi connectivity index (χ0) is 15.5. The van der Waals surface area contributed by atoms with Crippen molar-refractivity contribution in [1.29, 1.82) is 0 Å². The van der Waals surface area contributed by atoms with Crippen LogP contribution in [0.4, 0.5) is 20.6 Å². The third-order valence-electron chi connectivity index (χ3n) is 4.33. The number of nitrogens with two attached hydrogens (primary N) is 1. The Hall–Kier alpha value is -1.82. The molecule has 6 heteroatoms.